The predicted molar refractivity (Wildman–Crippen MR) is 70.5 cm³/mol. The molecule has 1 aromatic heterocycles. The van der Waals surface area contributed by atoms with E-state index < -0.39 is 0 Å². The van der Waals surface area contributed by atoms with Gasteiger partial charge in [0.1, 0.15) is 17.7 Å². The number of likely N-dealkylation sites (tertiary alicyclic amines) is 1. The number of nitrogens with one attached hydrogen (secondary N) is 2. The summed E-state index contributed by atoms with van der Waals surface area (Å²) < 4.78 is 0. The summed E-state index contributed by atoms with van der Waals surface area (Å²) in [6, 6.07) is -0.175. The largest absolute Gasteiger partial charge is 0.369 e. The summed E-state index contributed by atoms with van der Waals surface area (Å²) >= 11 is 0. The van der Waals surface area contributed by atoms with Crippen molar-refractivity contribution < 1.29 is 4.79 Å². The minimum Gasteiger partial charge on any atom is -0.369 e. The van der Waals surface area contributed by atoms with Gasteiger partial charge in [-0.25, -0.2) is 4.98 Å². The number of rotatable bonds is 5. The van der Waals surface area contributed by atoms with E-state index in [4.69, 9.17) is 0 Å². The van der Waals surface area contributed by atoms with Crippen LogP contribution in [0.5, 0.6) is 0 Å². The Morgan fingerprint density at radius 3 is 2.89 bits per heavy atom. The van der Waals surface area contributed by atoms with Gasteiger partial charge in [0.25, 0.3) is 0 Å². The molecule has 1 unspecified atom stereocenters. The van der Waals surface area contributed by atoms with E-state index in [0.29, 0.717) is 5.82 Å². The normalized spacial score (nSPS) is 19.1. The number of anilines is 2. The first kappa shape index (κ1) is 12.6. The molecule has 1 aliphatic heterocycles. The van der Waals surface area contributed by atoms with Crippen molar-refractivity contribution in [2.24, 2.45) is 0 Å². The van der Waals surface area contributed by atoms with Gasteiger partial charge in [0.05, 0.1) is 12.4 Å². The maximum atomic E-state index is 11.8. The van der Waals surface area contributed by atoms with Crippen molar-refractivity contribution in [3.63, 3.8) is 0 Å². The molecule has 1 amide bonds. The first-order valence-electron chi connectivity index (χ1n) is 6.28. The number of carbonyl (C=O) groups excluding carboxylic acids is 1. The second-order valence-electron chi connectivity index (χ2n) is 4.46. The molecule has 6 nitrogen and oxygen atoms in total. The molecule has 1 aliphatic rings. The van der Waals surface area contributed by atoms with Crippen LogP contribution in [0, 0.1) is 0 Å². The molecule has 98 valence electrons. The van der Waals surface area contributed by atoms with Crippen LogP contribution in [0.4, 0.5) is 11.6 Å². The molecule has 0 radical (unpaired) electrons. The van der Waals surface area contributed by atoms with Gasteiger partial charge in [0.15, 0.2) is 0 Å². The minimum absolute atomic E-state index is 0.115. The molecule has 0 aromatic carbocycles. The van der Waals surface area contributed by atoms with Crippen molar-refractivity contribution in [2.75, 3.05) is 30.8 Å². The zero-order chi connectivity index (χ0) is 13.0. The van der Waals surface area contributed by atoms with Crippen LogP contribution >= 0.6 is 0 Å². The van der Waals surface area contributed by atoms with E-state index in [0.717, 1.165) is 31.7 Å². The number of nitrogens with zero attached hydrogens (tertiary/aromatic N) is 3. The number of aromatic nitrogens is 2. The average Bonchev–Trinajstić information content (AvgIpc) is 2.69. The van der Waals surface area contributed by atoms with Crippen molar-refractivity contribution in [3.8, 4) is 0 Å². The van der Waals surface area contributed by atoms with Gasteiger partial charge >= 0.3 is 0 Å². The van der Waals surface area contributed by atoms with E-state index in [1.54, 1.807) is 17.3 Å². The molecule has 18 heavy (non-hydrogen) atoms. The van der Waals surface area contributed by atoms with E-state index in [1.165, 1.54) is 0 Å². The molecule has 1 atom stereocenters. The molecule has 0 spiro atoms. The molecule has 1 fully saturated rings. The highest BCUT2D eigenvalue weighted by molar-refractivity contribution is 5.86. The van der Waals surface area contributed by atoms with Crippen molar-refractivity contribution in [3.05, 3.63) is 12.4 Å². The lowest BCUT2D eigenvalue weighted by Crippen LogP contribution is -2.31. The number of carbonyl (C=O) groups is 1. The van der Waals surface area contributed by atoms with Crippen LogP contribution < -0.4 is 10.6 Å². The fraction of sp³-hybridized carbons (Fsp3) is 0.583. The Labute approximate surface area is 107 Å². The van der Waals surface area contributed by atoms with Crippen LogP contribution in [0.1, 0.15) is 19.8 Å². The van der Waals surface area contributed by atoms with Crippen LogP contribution in [0.3, 0.4) is 0 Å². The van der Waals surface area contributed by atoms with Crippen LogP contribution in [0.2, 0.25) is 0 Å². The van der Waals surface area contributed by atoms with E-state index in [2.05, 4.69) is 27.5 Å². The molecule has 6 heteroatoms. The highest BCUT2D eigenvalue weighted by Gasteiger charge is 2.29. The van der Waals surface area contributed by atoms with E-state index >= 15 is 0 Å². The SMILES string of the molecule is CCCNc1cncc(NC2CCN(C)C2=O)n1. The number of likely N-dealkylation sites (N-methyl/N-ethyl adjacent to an activating group) is 1. The summed E-state index contributed by atoms with van der Waals surface area (Å²) in [5, 5.41) is 6.30. The second kappa shape index (κ2) is 5.66. The first-order valence-corrected chi connectivity index (χ1v) is 6.28. The zero-order valence-electron chi connectivity index (χ0n) is 10.8. The third kappa shape index (κ3) is 2.88. The number of amides is 1. The lowest BCUT2D eigenvalue weighted by Gasteiger charge is -2.13. The predicted octanol–water partition coefficient (Wildman–Crippen LogP) is 0.941. The Morgan fingerprint density at radius 1 is 1.44 bits per heavy atom. The second-order valence-corrected chi connectivity index (χ2v) is 4.46. The molecular weight excluding hydrogens is 230 g/mol. The number of hydrogen-bond donors (Lipinski definition) is 2. The van der Waals surface area contributed by atoms with Gasteiger partial charge < -0.3 is 15.5 Å². The quantitative estimate of drug-likeness (QED) is 0.812. The van der Waals surface area contributed by atoms with Gasteiger partial charge in [-0.2, -0.15) is 0 Å². The molecule has 1 aromatic rings. The Morgan fingerprint density at radius 2 is 2.22 bits per heavy atom. The average molecular weight is 249 g/mol. The topological polar surface area (TPSA) is 70.2 Å². The van der Waals surface area contributed by atoms with Gasteiger partial charge in [-0.1, -0.05) is 6.92 Å². The molecule has 2 heterocycles. The Balaban J connectivity index is 1.99. The zero-order valence-corrected chi connectivity index (χ0v) is 10.8. The van der Waals surface area contributed by atoms with Crippen LogP contribution in [0.15, 0.2) is 12.4 Å². The van der Waals surface area contributed by atoms with Gasteiger partial charge in [0, 0.05) is 20.1 Å². The Kier molecular flexibility index (Phi) is 3.96. The van der Waals surface area contributed by atoms with Gasteiger partial charge in [-0.15, -0.1) is 0 Å². The monoisotopic (exact) mass is 249 g/mol. The van der Waals surface area contributed by atoms with E-state index in [9.17, 15) is 4.79 Å². The fourth-order valence-electron chi connectivity index (χ4n) is 1.91. The summed E-state index contributed by atoms with van der Waals surface area (Å²) in [6.45, 7) is 3.75. The summed E-state index contributed by atoms with van der Waals surface area (Å²) in [7, 11) is 1.81. The van der Waals surface area contributed by atoms with Crippen molar-refractivity contribution in [1.82, 2.24) is 14.9 Å². The lowest BCUT2D eigenvalue weighted by molar-refractivity contribution is -0.127. The summed E-state index contributed by atoms with van der Waals surface area (Å²) in [5.74, 6) is 1.49. The van der Waals surface area contributed by atoms with Crippen LogP contribution in [-0.4, -0.2) is 47.0 Å². The summed E-state index contributed by atoms with van der Waals surface area (Å²) in [6.07, 6.45) is 5.17. The summed E-state index contributed by atoms with van der Waals surface area (Å²) in [4.78, 5) is 22.0. The first-order chi connectivity index (χ1) is 8.70. The van der Waals surface area contributed by atoms with Gasteiger partial charge in [0.2, 0.25) is 5.91 Å². The standard InChI is InChI=1S/C12H19N5O/c1-3-5-14-10-7-13-8-11(16-10)15-9-4-6-17(2)12(9)18/h7-9H,3-6H2,1-2H3,(H2,14,15,16). The van der Waals surface area contributed by atoms with Crippen LogP contribution in [-0.2, 0) is 4.79 Å². The fourth-order valence-corrected chi connectivity index (χ4v) is 1.91. The van der Waals surface area contributed by atoms with Crippen molar-refractivity contribution in [1.29, 1.82) is 0 Å². The highest BCUT2D eigenvalue weighted by atomic mass is 16.2. The molecule has 0 bridgehead atoms. The molecule has 2 N–H and O–H groups in total. The van der Waals surface area contributed by atoms with Crippen molar-refractivity contribution in [2.45, 2.75) is 25.8 Å². The van der Waals surface area contributed by atoms with Crippen LogP contribution in [0.25, 0.3) is 0 Å². The lowest BCUT2D eigenvalue weighted by atomic mass is 10.2. The van der Waals surface area contributed by atoms with Gasteiger partial charge in [-0.3, -0.25) is 9.78 Å². The number of hydrogen-bond acceptors (Lipinski definition) is 5. The van der Waals surface area contributed by atoms with E-state index in [1.807, 2.05) is 7.05 Å². The third-order valence-corrected chi connectivity index (χ3v) is 2.94. The summed E-state index contributed by atoms with van der Waals surface area (Å²) in [5.41, 5.74) is 0. The van der Waals surface area contributed by atoms with E-state index in [-0.39, 0.29) is 11.9 Å². The smallest absolute Gasteiger partial charge is 0.244 e. The molecule has 0 aliphatic carbocycles. The molecular formula is C12H19N5O. The maximum Gasteiger partial charge on any atom is 0.244 e. The molecule has 0 saturated carbocycles. The van der Waals surface area contributed by atoms with Crippen molar-refractivity contribution >= 4 is 17.5 Å². The Hall–Kier alpha value is -1.85. The molecule has 1 saturated heterocycles. The van der Waals surface area contributed by atoms with Gasteiger partial charge in [-0.05, 0) is 12.8 Å². The molecule has 2 rings (SSSR count). The maximum absolute atomic E-state index is 11.8. The third-order valence-electron chi connectivity index (χ3n) is 2.94. The Bertz CT molecular complexity index is 423. The highest BCUT2D eigenvalue weighted by Crippen LogP contribution is 2.15. The minimum atomic E-state index is -0.175.